The molecule has 1 saturated carbocycles. The third kappa shape index (κ3) is 6.18. The first-order chi connectivity index (χ1) is 15.2. The normalized spacial score (nSPS) is 27.6. The van der Waals surface area contributed by atoms with Crippen LogP contribution in [0.5, 0.6) is 0 Å². The van der Waals surface area contributed by atoms with Crippen molar-refractivity contribution in [3.63, 3.8) is 0 Å². The Balaban J connectivity index is 1.22. The summed E-state index contributed by atoms with van der Waals surface area (Å²) in [5.41, 5.74) is 0. The molecule has 4 rings (SSSR count). The Morgan fingerprint density at radius 2 is 1.42 bits per heavy atom. The first-order valence-electron chi connectivity index (χ1n) is 12.6. The van der Waals surface area contributed by atoms with E-state index in [2.05, 4.69) is 25.3 Å². The SMILES string of the molecule is O=CNC(C(=O)OC1CCCCC1)N1CCC(N2CCN(C3CCNCC3)CC2)CC1. The van der Waals surface area contributed by atoms with E-state index >= 15 is 0 Å². The number of esters is 1. The third-order valence-electron chi connectivity index (χ3n) is 7.84. The van der Waals surface area contributed by atoms with E-state index in [0.29, 0.717) is 12.5 Å². The first-order valence-corrected chi connectivity index (χ1v) is 12.6. The summed E-state index contributed by atoms with van der Waals surface area (Å²) >= 11 is 0. The molecule has 176 valence electrons. The predicted molar refractivity (Wildman–Crippen MR) is 120 cm³/mol. The first kappa shape index (κ1) is 23.0. The largest absolute Gasteiger partial charge is 0.460 e. The predicted octanol–water partition coefficient (Wildman–Crippen LogP) is 0.768. The van der Waals surface area contributed by atoms with Gasteiger partial charge in [0.25, 0.3) is 0 Å². The molecule has 1 atom stereocenters. The van der Waals surface area contributed by atoms with E-state index in [1.54, 1.807) is 0 Å². The Morgan fingerprint density at radius 1 is 0.839 bits per heavy atom. The van der Waals surface area contributed by atoms with Gasteiger partial charge in [0.2, 0.25) is 6.41 Å². The quantitative estimate of drug-likeness (QED) is 0.452. The molecule has 0 bridgehead atoms. The van der Waals surface area contributed by atoms with E-state index < -0.39 is 6.17 Å². The van der Waals surface area contributed by atoms with Crippen LogP contribution in [0.25, 0.3) is 0 Å². The van der Waals surface area contributed by atoms with Crippen LogP contribution >= 0.6 is 0 Å². The maximum Gasteiger partial charge on any atom is 0.344 e. The molecule has 0 aromatic rings. The molecular formula is C23H41N5O3. The van der Waals surface area contributed by atoms with Gasteiger partial charge in [-0.05, 0) is 64.5 Å². The molecule has 4 aliphatic rings. The summed E-state index contributed by atoms with van der Waals surface area (Å²) < 4.78 is 5.75. The lowest BCUT2D eigenvalue weighted by Crippen LogP contribution is -2.59. The van der Waals surface area contributed by atoms with Crippen LogP contribution < -0.4 is 10.6 Å². The zero-order chi connectivity index (χ0) is 21.5. The summed E-state index contributed by atoms with van der Waals surface area (Å²) in [7, 11) is 0. The van der Waals surface area contributed by atoms with Crippen molar-refractivity contribution in [2.45, 2.75) is 82.1 Å². The van der Waals surface area contributed by atoms with Crippen molar-refractivity contribution >= 4 is 12.4 Å². The van der Waals surface area contributed by atoms with Gasteiger partial charge in [-0.1, -0.05) is 6.42 Å². The van der Waals surface area contributed by atoms with Gasteiger partial charge in [0.05, 0.1) is 0 Å². The maximum absolute atomic E-state index is 12.8. The number of carbonyl (C=O) groups excluding carboxylic acids is 2. The van der Waals surface area contributed by atoms with Gasteiger partial charge in [0.15, 0.2) is 6.17 Å². The van der Waals surface area contributed by atoms with Gasteiger partial charge in [-0.3, -0.25) is 19.5 Å². The number of amides is 1. The summed E-state index contributed by atoms with van der Waals surface area (Å²) in [5, 5.41) is 6.19. The number of ether oxygens (including phenoxy) is 1. The van der Waals surface area contributed by atoms with Crippen LogP contribution in [0.15, 0.2) is 0 Å². The topological polar surface area (TPSA) is 77.2 Å². The van der Waals surface area contributed by atoms with E-state index in [4.69, 9.17) is 4.74 Å². The molecule has 8 heteroatoms. The van der Waals surface area contributed by atoms with Gasteiger partial charge in [-0.2, -0.15) is 0 Å². The minimum Gasteiger partial charge on any atom is -0.460 e. The summed E-state index contributed by atoms with van der Waals surface area (Å²) in [6.07, 6.45) is 10.0. The molecule has 0 aromatic carbocycles. The second-order valence-electron chi connectivity index (χ2n) is 9.70. The molecule has 3 heterocycles. The van der Waals surface area contributed by atoms with Crippen molar-refractivity contribution in [3.05, 3.63) is 0 Å². The van der Waals surface area contributed by atoms with Gasteiger partial charge >= 0.3 is 5.97 Å². The van der Waals surface area contributed by atoms with Crippen molar-refractivity contribution in [3.8, 4) is 0 Å². The van der Waals surface area contributed by atoms with Crippen molar-refractivity contribution in [2.24, 2.45) is 0 Å². The highest BCUT2D eigenvalue weighted by atomic mass is 16.5. The Hall–Kier alpha value is -1.22. The van der Waals surface area contributed by atoms with E-state index in [1.165, 1.54) is 32.4 Å². The van der Waals surface area contributed by atoms with Gasteiger partial charge in [-0.25, -0.2) is 4.79 Å². The molecule has 31 heavy (non-hydrogen) atoms. The monoisotopic (exact) mass is 435 g/mol. The molecule has 2 N–H and O–H groups in total. The average molecular weight is 436 g/mol. The summed E-state index contributed by atoms with van der Waals surface area (Å²) in [6, 6.07) is 1.34. The Morgan fingerprint density at radius 3 is 2.00 bits per heavy atom. The number of piperidine rings is 2. The number of hydrogen-bond acceptors (Lipinski definition) is 7. The minimum atomic E-state index is -0.642. The van der Waals surface area contributed by atoms with Crippen molar-refractivity contribution in [2.75, 3.05) is 52.4 Å². The molecule has 0 spiro atoms. The molecule has 1 aliphatic carbocycles. The molecule has 1 amide bonds. The number of piperazine rings is 1. The zero-order valence-corrected chi connectivity index (χ0v) is 19.0. The maximum atomic E-state index is 12.8. The molecule has 3 aliphatic heterocycles. The van der Waals surface area contributed by atoms with Crippen LogP contribution in [0, 0.1) is 0 Å². The Labute approximate surface area is 187 Å². The number of likely N-dealkylation sites (tertiary alicyclic amines) is 1. The van der Waals surface area contributed by atoms with Crippen molar-refractivity contribution in [1.82, 2.24) is 25.3 Å². The molecule has 1 unspecified atom stereocenters. The van der Waals surface area contributed by atoms with Gasteiger partial charge in [-0.15, -0.1) is 0 Å². The fourth-order valence-electron chi connectivity index (χ4n) is 5.95. The van der Waals surface area contributed by atoms with Crippen LogP contribution in [0.2, 0.25) is 0 Å². The van der Waals surface area contributed by atoms with E-state index in [0.717, 1.165) is 83.8 Å². The minimum absolute atomic E-state index is 0.0194. The van der Waals surface area contributed by atoms with Crippen molar-refractivity contribution in [1.29, 1.82) is 0 Å². The summed E-state index contributed by atoms with van der Waals surface area (Å²) in [6.45, 7) is 8.60. The molecule has 4 fully saturated rings. The molecule has 0 radical (unpaired) electrons. The number of rotatable bonds is 7. The van der Waals surface area contributed by atoms with Crippen LogP contribution in [0.4, 0.5) is 0 Å². The van der Waals surface area contributed by atoms with Crippen molar-refractivity contribution < 1.29 is 14.3 Å². The lowest BCUT2D eigenvalue weighted by Gasteiger charge is -2.46. The third-order valence-corrected chi connectivity index (χ3v) is 7.84. The van der Waals surface area contributed by atoms with E-state index in [1.807, 2.05) is 0 Å². The Kier molecular flexibility index (Phi) is 8.58. The second-order valence-corrected chi connectivity index (χ2v) is 9.70. The van der Waals surface area contributed by atoms with Crippen LogP contribution in [0.3, 0.4) is 0 Å². The van der Waals surface area contributed by atoms with Gasteiger partial charge < -0.3 is 15.4 Å². The highest BCUT2D eigenvalue weighted by molar-refractivity contribution is 5.78. The summed E-state index contributed by atoms with van der Waals surface area (Å²) in [4.78, 5) is 31.4. The smallest absolute Gasteiger partial charge is 0.344 e. The van der Waals surface area contributed by atoms with Crippen LogP contribution in [-0.4, -0.2) is 104 Å². The molecule has 0 aromatic heterocycles. The molecule has 8 nitrogen and oxygen atoms in total. The fourth-order valence-corrected chi connectivity index (χ4v) is 5.95. The molecule has 3 saturated heterocycles. The average Bonchev–Trinajstić information content (AvgIpc) is 2.84. The fraction of sp³-hybridized carbons (Fsp3) is 0.913. The van der Waals surface area contributed by atoms with E-state index in [-0.39, 0.29) is 12.1 Å². The highest BCUT2D eigenvalue weighted by Gasteiger charge is 2.35. The van der Waals surface area contributed by atoms with E-state index in [9.17, 15) is 9.59 Å². The lowest BCUT2D eigenvalue weighted by atomic mass is 9.98. The second kappa shape index (κ2) is 11.6. The number of nitrogens with one attached hydrogen (secondary N) is 2. The Bertz CT molecular complexity index is 564. The molecular weight excluding hydrogens is 394 g/mol. The summed E-state index contributed by atoms with van der Waals surface area (Å²) in [5.74, 6) is -0.284. The van der Waals surface area contributed by atoms with Gasteiger partial charge in [0.1, 0.15) is 6.10 Å². The lowest BCUT2D eigenvalue weighted by molar-refractivity contribution is -0.160. The van der Waals surface area contributed by atoms with Crippen LogP contribution in [0.1, 0.15) is 57.8 Å². The highest BCUT2D eigenvalue weighted by Crippen LogP contribution is 2.24. The standard InChI is InChI=1S/C23H41N5O3/c29-18-25-22(23(30)31-21-4-2-1-3-5-21)28-12-8-20(9-13-28)27-16-14-26(15-17-27)19-6-10-24-11-7-19/h18-22,24H,1-17H2,(H,25,29). The zero-order valence-electron chi connectivity index (χ0n) is 19.0. The van der Waals surface area contributed by atoms with Crippen LogP contribution in [-0.2, 0) is 14.3 Å². The number of carbonyl (C=O) groups is 2. The number of hydrogen-bond donors (Lipinski definition) is 2. The van der Waals surface area contributed by atoms with Gasteiger partial charge in [0, 0.05) is 51.4 Å². The number of nitrogens with zero attached hydrogens (tertiary/aromatic N) is 3.